The second-order valence-corrected chi connectivity index (χ2v) is 5.22. The van der Waals surface area contributed by atoms with E-state index < -0.39 is 17.5 Å². The number of carbonyl (C=O) groups is 3. The van der Waals surface area contributed by atoms with Crippen LogP contribution in [0.2, 0.25) is 0 Å². The van der Waals surface area contributed by atoms with Crippen LogP contribution in [0.25, 0.3) is 5.52 Å². The molecule has 3 aromatic rings. The van der Waals surface area contributed by atoms with Crippen LogP contribution in [0.1, 0.15) is 42.3 Å². The molecular formula is C17H9NO5. The number of aromatic nitrogens is 1. The molecule has 0 fully saturated rings. The number of aromatic carboxylic acids is 1. The zero-order valence-electron chi connectivity index (χ0n) is 11.6. The average Bonchev–Trinajstić information content (AvgIpc) is 2.88. The SMILES string of the molecule is O=C1c2c(O)cccc2C(=O)c2c1c(C(=O)O)c1ccccn21. The summed E-state index contributed by atoms with van der Waals surface area (Å²) in [6.45, 7) is 0. The molecule has 23 heavy (non-hydrogen) atoms. The summed E-state index contributed by atoms with van der Waals surface area (Å²) in [5.74, 6) is -2.78. The number of fused-ring (bicyclic) bond motifs is 4. The Labute approximate surface area is 129 Å². The monoisotopic (exact) mass is 307 g/mol. The quantitative estimate of drug-likeness (QED) is 0.561. The van der Waals surface area contributed by atoms with Crippen LogP contribution >= 0.6 is 0 Å². The maximum Gasteiger partial charge on any atom is 0.338 e. The van der Waals surface area contributed by atoms with E-state index in [1.807, 2.05) is 0 Å². The van der Waals surface area contributed by atoms with Gasteiger partial charge < -0.3 is 14.6 Å². The minimum Gasteiger partial charge on any atom is -0.507 e. The first-order valence-corrected chi connectivity index (χ1v) is 6.80. The molecule has 2 aromatic heterocycles. The third-order valence-electron chi connectivity index (χ3n) is 4.01. The van der Waals surface area contributed by atoms with Crippen LogP contribution in [0, 0.1) is 0 Å². The van der Waals surface area contributed by atoms with Gasteiger partial charge in [-0.05, 0) is 24.3 Å². The molecule has 0 amide bonds. The summed E-state index contributed by atoms with van der Waals surface area (Å²) < 4.78 is 1.41. The summed E-state index contributed by atoms with van der Waals surface area (Å²) in [4.78, 5) is 37.2. The van der Waals surface area contributed by atoms with Crippen molar-refractivity contribution in [3.8, 4) is 5.75 Å². The van der Waals surface area contributed by atoms with Crippen LogP contribution in [0.4, 0.5) is 0 Å². The van der Waals surface area contributed by atoms with E-state index in [1.165, 1.54) is 28.7 Å². The Morgan fingerprint density at radius 3 is 2.48 bits per heavy atom. The Morgan fingerprint density at radius 2 is 1.74 bits per heavy atom. The molecule has 0 bridgehead atoms. The van der Waals surface area contributed by atoms with E-state index in [1.54, 1.807) is 18.3 Å². The number of ketones is 2. The molecule has 1 aliphatic carbocycles. The van der Waals surface area contributed by atoms with Gasteiger partial charge in [-0.15, -0.1) is 0 Å². The highest BCUT2D eigenvalue weighted by Gasteiger charge is 2.39. The lowest BCUT2D eigenvalue weighted by atomic mass is 9.85. The fourth-order valence-corrected chi connectivity index (χ4v) is 3.09. The maximum absolute atomic E-state index is 12.8. The summed E-state index contributed by atoms with van der Waals surface area (Å²) in [7, 11) is 0. The molecule has 1 aliphatic rings. The molecule has 1 aromatic carbocycles. The van der Waals surface area contributed by atoms with Gasteiger partial charge in [0, 0.05) is 11.8 Å². The van der Waals surface area contributed by atoms with E-state index in [9.17, 15) is 24.6 Å². The van der Waals surface area contributed by atoms with Crippen LogP contribution < -0.4 is 0 Å². The third kappa shape index (κ3) is 1.54. The normalized spacial score (nSPS) is 13.0. The molecule has 2 N–H and O–H groups in total. The number of phenols is 1. The summed E-state index contributed by atoms with van der Waals surface area (Å²) in [5, 5.41) is 19.5. The zero-order chi connectivity index (χ0) is 16.3. The molecule has 6 nitrogen and oxygen atoms in total. The van der Waals surface area contributed by atoms with E-state index >= 15 is 0 Å². The van der Waals surface area contributed by atoms with Crippen molar-refractivity contribution in [2.75, 3.05) is 0 Å². The molecule has 0 atom stereocenters. The number of carbonyl (C=O) groups excluding carboxylic acids is 2. The van der Waals surface area contributed by atoms with Gasteiger partial charge in [0.25, 0.3) is 0 Å². The first kappa shape index (κ1) is 13.3. The number of nitrogens with zero attached hydrogens (tertiary/aromatic N) is 1. The highest BCUT2D eigenvalue weighted by molar-refractivity contribution is 6.32. The maximum atomic E-state index is 12.8. The number of hydrogen-bond donors (Lipinski definition) is 2. The van der Waals surface area contributed by atoms with Gasteiger partial charge in [-0.1, -0.05) is 12.1 Å². The summed E-state index contributed by atoms with van der Waals surface area (Å²) in [5.41, 5.74) is -0.207. The van der Waals surface area contributed by atoms with Crippen LogP contribution in [-0.2, 0) is 0 Å². The second-order valence-electron chi connectivity index (χ2n) is 5.22. The van der Waals surface area contributed by atoms with Gasteiger partial charge in [-0.25, -0.2) is 4.79 Å². The van der Waals surface area contributed by atoms with E-state index in [4.69, 9.17) is 0 Å². The van der Waals surface area contributed by atoms with Crippen LogP contribution in [-0.4, -0.2) is 32.1 Å². The first-order chi connectivity index (χ1) is 11.0. The average molecular weight is 307 g/mol. The number of aromatic hydroxyl groups is 1. The lowest BCUT2D eigenvalue weighted by molar-refractivity contribution is 0.0695. The highest BCUT2D eigenvalue weighted by Crippen LogP contribution is 2.36. The van der Waals surface area contributed by atoms with Crippen LogP contribution in [0.3, 0.4) is 0 Å². The van der Waals surface area contributed by atoms with Crippen molar-refractivity contribution >= 4 is 23.1 Å². The van der Waals surface area contributed by atoms with Crippen molar-refractivity contribution in [1.29, 1.82) is 0 Å². The number of carboxylic acid groups (broad SMARTS) is 1. The van der Waals surface area contributed by atoms with Crippen molar-refractivity contribution < 1.29 is 24.6 Å². The lowest BCUT2D eigenvalue weighted by Gasteiger charge is -2.16. The summed E-state index contributed by atoms with van der Waals surface area (Å²) >= 11 is 0. The van der Waals surface area contributed by atoms with Crippen LogP contribution in [0.5, 0.6) is 5.75 Å². The minimum atomic E-state index is -1.30. The van der Waals surface area contributed by atoms with Gasteiger partial charge >= 0.3 is 5.97 Å². The molecule has 0 spiro atoms. The van der Waals surface area contributed by atoms with Crippen molar-refractivity contribution in [1.82, 2.24) is 4.40 Å². The van der Waals surface area contributed by atoms with Gasteiger partial charge in [0.05, 0.1) is 22.2 Å². The van der Waals surface area contributed by atoms with E-state index in [0.717, 1.165) is 0 Å². The predicted octanol–water partition coefficient (Wildman–Crippen LogP) is 2.12. The van der Waals surface area contributed by atoms with Gasteiger partial charge in [-0.2, -0.15) is 0 Å². The molecule has 0 radical (unpaired) electrons. The Kier molecular flexibility index (Phi) is 2.48. The topological polar surface area (TPSA) is 96.1 Å². The zero-order valence-corrected chi connectivity index (χ0v) is 11.6. The number of phenolic OH excluding ortho intramolecular Hbond substituents is 1. The molecule has 0 aliphatic heterocycles. The number of benzene rings is 1. The lowest BCUT2D eigenvalue weighted by Crippen LogP contribution is -2.22. The highest BCUT2D eigenvalue weighted by atomic mass is 16.4. The minimum absolute atomic E-state index is 0.0149. The summed E-state index contributed by atoms with van der Waals surface area (Å²) in [6.07, 6.45) is 1.54. The first-order valence-electron chi connectivity index (χ1n) is 6.80. The molecule has 0 unspecified atom stereocenters. The predicted molar refractivity (Wildman–Crippen MR) is 79.3 cm³/mol. The Hall–Kier alpha value is -3.41. The number of rotatable bonds is 1. The van der Waals surface area contributed by atoms with Gasteiger partial charge in [-0.3, -0.25) is 9.59 Å². The van der Waals surface area contributed by atoms with E-state index in [-0.39, 0.29) is 39.2 Å². The van der Waals surface area contributed by atoms with Crippen molar-refractivity contribution in [2.45, 2.75) is 0 Å². The fraction of sp³-hybridized carbons (Fsp3) is 0. The third-order valence-corrected chi connectivity index (χ3v) is 4.01. The molecule has 112 valence electrons. The molecule has 2 heterocycles. The van der Waals surface area contributed by atoms with Crippen molar-refractivity contribution in [3.63, 3.8) is 0 Å². The molecule has 0 saturated heterocycles. The largest absolute Gasteiger partial charge is 0.507 e. The van der Waals surface area contributed by atoms with Gasteiger partial charge in [0.1, 0.15) is 11.4 Å². The Bertz CT molecular complexity index is 1040. The van der Waals surface area contributed by atoms with Crippen LogP contribution in [0.15, 0.2) is 42.6 Å². The standard InChI is InChI=1S/C17H9NO5/c19-10-6-3-4-8-11(10)16(21)13-12(17(22)23)9-5-1-2-7-18(9)14(13)15(8)20/h1-7,19H,(H,22,23). The molecular weight excluding hydrogens is 298 g/mol. The van der Waals surface area contributed by atoms with Crippen molar-refractivity contribution in [3.05, 3.63) is 70.5 Å². The van der Waals surface area contributed by atoms with Gasteiger partial charge in [0.2, 0.25) is 11.6 Å². The Morgan fingerprint density at radius 1 is 0.957 bits per heavy atom. The fourth-order valence-electron chi connectivity index (χ4n) is 3.09. The summed E-state index contributed by atoms with van der Waals surface area (Å²) in [6, 6.07) is 9.03. The molecule has 4 rings (SSSR count). The Balaban J connectivity index is 2.21. The molecule has 6 heteroatoms. The van der Waals surface area contributed by atoms with E-state index in [2.05, 4.69) is 0 Å². The number of pyridine rings is 1. The smallest absolute Gasteiger partial charge is 0.338 e. The molecule has 0 saturated carbocycles. The van der Waals surface area contributed by atoms with E-state index in [0.29, 0.717) is 0 Å². The number of carboxylic acids is 1. The van der Waals surface area contributed by atoms with Crippen molar-refractivity contribution in [2.24, 2.45) is 0 Å². The van der Waals surface area contributed by atoms with Gasteiger partial charge in [0.15, 0.2) is 0 Å². The number of hydrogen-bond acceptors (Lipinski definition) is 4. The second kappa shape index (κ2) is 4.30.